The van der Waals surface area contributed by atoms with E-state index in [4.69, 9.17) is 4.42 Å². The molecule has 0 bridgehead atoms. The highest BCUT2D eigenvalue weighted by molar-refractivity contribution is 7.99. The quantitative estimate of drug-likeness (QED) is 0.477. The number of aromatic nitrogens is 1. The summed E-state index contributed by atoms with van der Waals surface area (Å²) in [5.41, 5.74) is 0.328. The van der Waals surface area contributed by atoms with E-state index in [0.29, 0.717) is 23.9 Å². The third kappa shape index (κ3) is 4.70. The Morgan fingerprint density at radius 1 is 1.32 bits per heavy atom. The van der Waals surface area contributed by atoms with Gasteiger partial charge in [-0.15, -0.1) is 23.1 Å². The molecule has 1 aromatic carbocycles. The van der Waals surface area contributed by atoms with Crippen LogP contribution in [0.1, 0.15) is 22.7 Å². The summed E-state index contributed by atoms with van der Waals surface area (Å²) in [5, 5.41) is 4.80. The van der Waals surface area contributed by atoms with E-state index in [1.165, 1.54) is 23.5 Å². The first-order valence-corrected chi connectivity index (χ1v) is 9.68. The Hall–Kier alpha value is -2.12. The maximum Gasteiger partial charge on any atom is 0.273 e. The number of nitrogens with zero attached hydrogens (tertiary/aromatic N) is 1. The van der Waals surface area contributed by atoms with Gasteiger partial charge in [-0.05, 0) is 54.8 Å². The maximum atomic E-state index is 12.8. The van der Waals surface area contributed by atoms with Gasteiger partial charge in [-0.1, -0.05) is 6.07 Å². The number of carbonyl (C=O) groups excluding carboxylic acids is 1. The highest BCUT2D eigenvalue weighted by Gasteiger charge is 2.18. The molecule has 0 aliphatic heterocycles. The van der Waals surface area contributed by atoms with Gasteiger partial charge in [-0.2, -0.15) is 0 Å². The highest BCUT2D eigenvalue weighted by Crippen LogP contribution is 2.25. The third-order valence-electron chi connectivity index (χ3n) is 3.43. The molecule has 4 nitrogen and oxygen atoms in total. The fourth-order valence-electron chi connectivity index (χ4n) is 2.19. The van der Waals surface area contributed by atoms with Gasteiger partial charge in [0.15, 0.2) is 5.69 Å². The number of amides is 1. The predicted molar refractivity (Wildman–Crippen MR) is 98.6 cm³/mol. The van der Waals surface area contributed by atoms with Crippen molar-refractivity contribution in [3.63, 3.8) is 0 Å². The zero-order valence-electron chi connectivity index (χ0n) is 13.6. The van der Waals surface area contributed by atoms with Gasteiger partial charge in [0.05, 0.1) is 4.88 Å². The number of carbonyl (C=O) groups is 1. The van der Waals surface area contributed by atoms with Crippen molar-refractivity contribution in [3.05, 3.63) is 59.0 Å². The number of hydrogen-bond donors (Lipinski definition) is 1. The fraction of sp³-hybridized carbons (Fsp3) is 0.222. The molecule has 1 amide bonds. The molecule has 0 saturated heterocycles. The number of benzene rings is 1. The first-order valence-electron chi connectivity index (χ1n) is 7.81. The van der Waals surface area contributed by atoms with Gasteiger partial charge in [0.2, 0.25) is 5.89 Å². The number of aryl methyl sites for hydroxylation is 1. The standard InChI is InChI=1S/C18H17FN2O2S2/c1-12-16(21-18(23-12)15-4-2-10-25-15)17(22)20-9-3-11-24-14-7-5-13(19)6-8-14/h2,4-8,10H,3,9,11H2,1H3,(H,20,22). The van der Waals surface area contributed by atoms with Crippen molar-refractivity contribution in [1.82, 2.24) is 10.3 Å². The minimum absolute atomic E-state index is 0.226. The van der Waals surface area contributed by atoms with Gasteiger partial charge in [0, 0.05) is 11.4 Å². The Labute approximate surface area is 153 Å². The third-order valence-corrected chi connectivity index (χ3v) is 5.39. The molecule has 2 heterocycles. The van der Waals surface area contributed by atoms with Crippen LogP contribution in [-0.4, -0.2) is 23.2 Å². The first-order chi connectivity index (χ1) is 12.1. The lowest BCUT2D eigenvalue weighted by Crippen LogP contribution is -2.25. The smallest absolute Gasteiger partial charge is 0.273 e. The molecule has 130 valence electrons. The molecule has 25 heavy (non-hydrogen) atoms. The summed E-state index contributed by atoms with van der Waals surface area (Å²) in [5.74, 6) is 1.37. The van der Waals surface area contributed by atoms with E-state index in [1.54, 1.807) is 30.8 Å². The average Bonchev–Trinajstić information content (AvgIpc) is 3.25. The number of halogens is 1. The second-order valence-corrected chi connectivity index (χ2v) is 7.43. The number of thioether (sulfide) groups is 1. The van der Waals surface area contributed by atoms with Gasteiger partial charge in [0.25, 0.3) is 5.91 Å². The van der Waals surface area contributed by atoms with Gasteiger partial charge in [-0.3, -0.25) is 4.79 Å². The molecular formula is C18H17FN2O2S2. The molecule has 1 N–H and O–H groups in total. The monoisotopic (exact) mass is 376 g/mol. The van der Waals surface area contributed by atoms with E-state index in [1.807, 2.05) is 17.5 Å². The molecule has 0 atom stereocenters. The minimum Gasteiger partial charge on any atom is -0.440 e. The summed E-state index contributed by atoms with van der Waals surface area (Å²) in [7, 11) is 0. The van der Waals surface area contributed by atoms with Crippen LogP contribution < -0.4 is 5.32 Å². The molecule has 0 spiro atoms. The minimum atomic E-state index is -0.235. The van der Waals surface area contributed by atoms with Crippen LogP contribution in [0.25, 0.3) is 10.8 Å². The Bertz CT molecular complexity index is 829. The van der Waals surface area contributed by atoms with Crippen LogP contribution in [-0.2, 0) is 0 Å². The molecule has 0 aliphatic rings. The van der Waals surface area contributed by atoms with Crippen LogP contribution in [0.3, 0.4) is 0 Å². The number of thiophene rings is 1. The molecule has 0 radical (unpaired) electrons. The van der Waals surface area contributed by atoms with Gasteiger partial charge >= 0.3 is 0 Å². The summed E-state index contributed by atoms with van der Waals surface area (Å²) < 4.78 is 18.4. The van der Waals surface area contributed by atoms with Crippen LogP contribution in [0.4, 0.5) is 4.39 Å². The topological polar surface area (TPSA) is 55.1 Å². The summed E-state index contributed by atoms with van der Waals surface area (Å²) in [4.78, 5) is 18.5. The van der Waals surface area contributed by atoms with E-state index >= 15 is 0 Å². The van der Waals surface area contributed by atoms with E-state index < -0.39 is 0 Å². The molecule has 3 rings (SSSR count). The highest BCUT2D eigenvalue weighted by atomic mass is 32.2. The molecule has 0 aliphatic carbocycles. The fourth-order valence-corrected chi connectivity index (χ4v) is 3.69. The zero-order valence-corrected chi connectivity index (χ0v) is 15.3. The Morgan fingerprint density at radius 2 is 2.12 bits per heavy atom. The van der Waals surface area contributed by atoms with Crippen molar-refractivity contribution in [2.45, 2.75) is 18.2 Å². The van der Waals surface area contributed by atoms with Gasteiger partial charge in [0.1, 0.15) is 11.6 Å². The van der Waals surface area contributed by atoms with Crippen LogP contribution in [0.2, 0.25) is 0 Å². The van der Waals surface area contributed by atoms with Crippen molar-refractivity contribution in [3.8, 4) is 10.8 Å². The summed E-state index contributed by atoms with van der Waals surface area (Å²) >= 11 is 3.15. The lowest BCUT2D eigenvalue weighted by atomic mass is 10.3. The molecular weight excluding hydrogens is 359 g/mol. The largest absolute Gasteiger partial charge is 0.440 e. The SMILES string of the molecule is Cc1oc(-c2cccs2)nc1C(=O)NCCCSc1ccc(F)cc1. The summed E-state index contributed by atoms with van der Waals surface area (Å²) in [6.07, 6.45) is 0.808. The second kappa shape index (κ2) is 8.31. The van der Waals surface area contributed by atoms with Crippen LogP contribution in [0.15, 0.2) is 51.1 Å². The van der Waals surface area contributed by atoms with E-state index in [0.717, 1.165) is 21.9 Å². The zero-order chi connectivity index (χ0) is 17.6. The lowest BCUT2D eigenvalue weighted by molar-refractivity contribution is 0.0948. The van der Waals surface area contributed by atoms with Crippen molar-refractivity contribution in [2.75, 3.05) is 12.3 Å². The molecule has 0 saturated carbocycles. The Balaban J connectivity index is 1.46. The summed E-state index contributed by atoms with van der Waals surface area (Å²) in [6, 6.07) is 10.2. The molecule has 2 aromatic heterocycles. The number of hydrogen-bond acceptors (Lipinski definition) is 5. The average molecular weight is 376 g/mol. The van der Waals surface area contributed by atoms with Crippen molar-refractivity contribution < 1.29 is 13.6 Å². The Morgan fingerprint density at radius 3 is 2.84 bits per heavy atom. The van der Waals surface area contributed by atoms with Gasteiger partial charge in [-0.25, -0.2) is 9.37 Å². The molecule has 0 unspecified atom stereocenters. The second-order valence-electron chi connectivity index (χ2n) is 5.31. The molecule has 0 fully saturated rings. The summed E-state index contributed by atoms with van der Waals surface area (Å²) in [6.45, 7) is 2.29. The lowest BCUT2D eigenvalue weighted by Gasteiger charge is -2.04. The van der Waals surface area contributed by atoms with Crippen LogP contribution in [0.5, 0.6) is 0 Å². The molecule has 7 heteroatoms. The number of rotatable bonds is 7. The van der Waals surface area contributed by atoms with Gasteiger partial charge < -0.3 is 9.73 Å². The van der Waals surface area contributed by atoms with Crippen LogP contribution in [0, 0.1) is 12.7 Å². The van der Waals surface area contributed by atoms with E-state index in [9.17, 15) is 9.18 Å². The van der Waals surface area contributed by atoms with E-state index in [-0.39, 0.29) is 11.7 Å². The van der Waals surface area contributed by atoms with Crippen molar-refractivity contribution in [2.24, 2.45) is 0 Å². The van der Waals surface area contributed by atoms with Crippen LogP contribution >= 0.6 is 23.1 Å². The Kier molecular flexibility index (Phi) is 5.88. The molecule has 3 aromatic rings. The number of oxazole rings is 1. The maximum absolute atomic E-state index is 12.8. The number of nitrogens with one attached hydrogen (secondary N) is 1. The van der Waals surface area contributed by atoms with Crippen molar-refractivity contribution >= 4 is 29.0 Å². The predicted octanol–water partition coefficient (Wildman–Crippen LogP) is 4.76. The van der Waals surface area contributed by atoms with Crippen molar-refractivity contribution in [1.29, 1.82) is 0 Å². The van der Waals surface area contributed by atoms with E-state index in [2.05, 4.69) is 10.3 Å². The first kappa shape index (κ1) is 17.7. The normalized spacial score (nSPS) is 10.8.